The second-order valence-electron chi connectivity index (χ2n) is 8.73. The lowest BCUT2D eigenvalue weighted by Crippen LogP contribution is -2.37. The zero-order valence-electron chi connectivity index (χ0n) is 17.2. The van der Waals surface area contributed by atoms with E-state index in [1.807, 2.05) is 35.9 Å². The third kappa shape index (κ3) is 3.07. The molecule has 5 nitrogen and oxygen atoms in total. The van der Waals surface area contributed by atoms with E-state index in [2.05, 4.69) is 12.2 Å². The fourth-order valence-electron chi connectivity index (χ4n) is 5.67. The first-order valence-corrected chi connectivity index (χ1v) is 11.1. The van der Waals surface area contributed by atoms with Crippen molar-refractivity contribution < 1.29 is 4.79 Å². The molecule has 156 valence electrons. The number of aromatic nitrogens is 2. The van der Waals surface area contributed by atoms with E-state index in [1.165, 1.54) is 0 Å². The van der Waals surface area contributed by atoms with Gasteiger partial charge in [0.1, 0.15) is 0 Å². The molecule has 0 bridgehead atoms. The van der Waals surface area contributed by atoms with E-state index in [0.29, 0.717) is 28.3 Å². The summed E-state index contributed by atoms with van der Waals surface area (Å²) in [6.45, 7) is 2.13. The molecule has 5 rings (SSSR count). The Morgan fingerprint density at radius 1 is 1.10 bits per heavy atom. The maximum absolute atomic E-state index is 12.9. The number of benzene rings is 2. The van der Waals surface area contributed by atoms with Gasteiger partial charge < -0.3 is 5.32 Å². The molecule has 1 amide bonds. The number of carbonyl (C=O) groups is 1. The normalized spacial score (nSPS) is 25.8. The standard InChI is InChI=1S/C24H26ClN3O2/c1-3-19(26-23(29)14-8-10-15(25)11-9-14)22-17-12-16(13-18(17)22)28-21-7-5-4-6-20(21)27(2)24(28)30/h4-11,16-19,22H,3,12-13H2,1-2H3,(H,26,29)/t16-,17-,18+,19?,22+. The lowest BCUT2D eigenvalue weighted by Gasteiger charge is -2.22. The number of hydrogen-bond acceptors (Lipinski definition) is 2. The summed E-state index contributed by atoms with van der Waals surface area (Å²) in [5, 5.41) is 3.87. The number of imidazole rings is 1. The molecule has 30 heavy (non-hydrogen) atoms. The van der Waals surface area contributed by atoms with Crippen molar-refractivity contribution in [2.24, 2.45) is 24.8 Å². The van der Waals surface area contributed by atoms with Crippen LogP contribution in [-0.2, 0) is 7.05 Å². The van der Waals surface area contributed by atoms with Crippen LogP contribution >= 0.6 is 11.6 Å². The average Bonchev–Trinajstić information content (AvgIpc) is 3.11. The molecule has 1 unspecified atom stereocenters. The van der Waals surface area contributed by atoms with Crippen LogP contribution in [0.5, 0.6) is 0 Å². The number of fused-ring (bicyclic) bond motifs is 2. The molecule has 0 spiro atoms. The Morgan fingerprint density at radius 2 is 1.73 bits per heavy atom. The van der Waals surface area contributed by atoms with Crippen molar-refractivity contribution >= 4 is 28.5 Å². The van der Waals surface area contributed by atoms with E-state index in [-0.39, 0.29) is 23.7 Å². The molecule has 1 aromatic heterocycles. The summed E-state index contributed by atoms with van der Waals surface area (Å²) in [4.78, 5) is 25.5. The SMILES string of the molecule is CCC(NC(=O)c1ccc(Cl)cc1)[C@H]1[C@@H]2C[C@@H](n3c(=O)n(C)c4ccccc43)C[C@@H]21. The van der Waals surface area contributed by atoms with E-state index in [1.54, 1.807) is 28.8 Å². The van der Waals surface area contributed by atoms with Gasteiger partial charge in [0.2, 0.25) is 0 Å². The smallest absolute Gasteiger partial charge is 0.329 e. The third-order valence-electron chi connectivity index (χ3n) is 7.17. The van der Waals surface area contributed by atoms with Gasteiger partial charge in [0.25, 0.3) is 5.91 Å². The Morgan fingerprint density at radius 3 is 2.37 bits per heavy atom. The quantitative estimate of drug-likeness (QED) is 0.661. The summed E-state index contributed by atoms with van der Waals surface area (Å²) in [6.07, 6.45) is 2.93. The van der Waals surface area contributed by atoms with Gasteiger partial charge in [-0.1, -0.05) is 30.7 Å². The number of nitrogens with one attached hydrogen (secondary N) is 1. The zero-order valence-corrected chi connectivity index (χ0v) is 18.0. The maximum Gasteiger partial charge on any atom is 0.329 e. The van der Waals surface area contributed by atoms with Crippen LogP contribution in [0.2, 0.25) is 5.02 Å². The number of halogens is 1. The maximum atomic E-state index is 12.9. The van der Waals surface area contributed by atoms with Gasteiger partial charge in [-0.3, -0.25) is 13.9 Å². The van der Waals surface area contributed by atoms with E-state index in [4.69, 9.17) is 11.6 Å². The Bertz CT molecular complexity index is 1150. The molecule has 1 N–H and O–H groups in total. The monoisotopic (exact) mass is 423 g/mol. The molecular formula is C24H26ClN3O2. The highest BCUT2D eigenvalue weighted by atomic mass is 35.5. The number of rotatable bonds is 5. The van der Waals surface area contributed by atoms with E-state index >= 15 is 0 Å². The molecule has 2 aliphatic carbocycles. The number of aryl methyl sites for hydroxylation is 1. The number of amides is 1. The molecule has 0 radical (unpaired) electrons. The van der Waals surface area contributed by atoms with Crippen molar-refractivity contribution in [3.05, 3.63) is 69.6 Å². The van der Waals surface area contributed by atoms with Crippen LogP contribution in [0.3, 0.4) is 0 Å². The fourth-order valence-corrected chi connectivity index (χ4v) is 5.79. The predicted molar refractivity (Wildman–Crippen MR) is 119 cm³/mol. The minimum absolute atomic E-state index is 0.0367. The molecule has 5 atom stereocenters. The average molecular weight is 424 g/mol. The van der Waals surface area contributed by atoms with Crippen molar-refractivity contribution in [2.75, 3.05) is 0 Å². The van der Waals surface area contributed by atoms with Gasteiger partial charge in [-0.15, -0.1) is 0 Å². The summed E-state index contributed by atoms with van der Waals surface area (Å²) in [6, 6.07) is 15.5. The largest absolute Gasteiger partial charge is 0.349 e. The zero-order chi connectivity index (χ0) is 21.0. The minimum Gasteiger partial charge on any atom is -0.349 e. The third-order valence-corrected chi connectivity index (χ3v) is 7.43. The first kappa shape index (κ1) is 19.4. The molecule has 2 fully saturated rings. The summed E-state index contributed by atoms with van der Waals surface area (Å²) in [5.74, 6) is 1.63. The highest BCUT2D eigenvalue weighted by molar-refractivity contribution is 6.30. The summed E-state index contributed by atoms with van der Waals surface area (Å²) >= 11 is 5.93. The Hall–Kier alpha value is -2.53. The van der Waals surface area contributed by atoms with Gasteiger partial charge >= 0.3 is 5.69 Å². The van der Waals surface area contributed by atoms with E-state index < -0.39 is 0 Å². The van der Waals surface area contributed by atoms with E-state index in [0.717, 1.165) is 30.3 Å². The Balaban J connectivity index is 1.29. The topological polar surface area (TPSA) is 56.0 Å². The first-order valence-electron chi connectivity index (χ1n) is 10.7. The van der Waals surface area contributed by atoms with Gasteiger partial charge in [0, 0.05) is 29.7 Å². The number of nitrogens with zero attached hydrogens (tertiary/aromatic N) is 2. The summed E-state index contributed by atoms with van der Waals surface area (Å²) in [5.41, 5.74) is 2.73. The highest BCUT2D eigenvalue weighted by Crippen LogP contribution is 2.62. The number of para-hydroxylation sites is 2. The van der Waals surface area contributed by atoms with Crippen LogP contribution in [0.1, 0.15) is 42.6 Å². The molecule has 2 aliphatic rings. The molecule has 0 aliphatic heterocycles. The second-order valence-corrected chi connectivity index (χ2v) is 9.16. The van der Waals surface area contributed by atoms with Crippen molar-refractivity contribution in [3.63, 3.8) is 0 Å². The number of hydrogen-bond donors (Lipinski definition) is 1. The number of carbonyl (C=O) groups excluding carboxylic acids is 1. The molecular weight excluding hydrogens is 398 g/mol. The summed E-state index contributed by atoms with van der Waals surface area (Å²) < 4.78 is 3.74. The lowest BCUT2D eigenvalue weighted by molar-refractivity contribution is 0.0927. The van der Waals surface area contributed by atoms with Crippen molar-refractivity contribution in [1.82, 2.24) is 14.5 Å². The van der Waals surface area contributed by atoms with E-state index in [9.17, 15) is 9.59 Å². The van der Waals surface area contributed by atoms with Crippen molar-refractivity contribution in [1.29, 1.82) is 0 Å². The molecule has 2 saturated carbocycles. The molecule has 6 heteroatoms. The van der Waals surface area contributed by atoms with Crippen molar-refractivity contribution in [2.45, 2.75) is 38.3 Å². The molecule has 1 heterocycles. The van der Waals surface area contributed by atoms with Crippen LogP contribution in [0.25, 0.3) is 11.0 Å². The van der Waals surface area contributed by atoms with Gasteiger partial charge in [-0.05, 0) is 73.4 Å². The van der Waals surface area contributed by atoms with Crippen LogP contribution in [0.15, 0.2) is 53.3 Å². The van der Waals surface area contributed by atoms with Gasteiger partial charge in [-0.2, -0.15) is 0 Å². The Labute approximate surface area is 180 Å². The van der Waals surface area contributed by atoms with Gasteiger partial charge in [0.15, 0.2) is 0 Å². The van der Waals surface area contributed by atoms with Gasteiger partial charge in [-0.25, -0.2) is 4.79 Å². The molecule has 2 aromatic carbocycles. The summed E-state index contributed by atoms with van der Waals surface area (Å²) in [7, 11) is 1.85. The Kier molecular flexibility index (Phi) is 4.73. The van der Waals surface area contributed by atoms with Gasteiger partial charge in [0.05, 0.1) is 11.0 Å². The first-order chi connectivity index (χ1) is 14.5. The second kappa shape index (κ2) is 7.31. The fraction of sp³-hybridized carbons (Fsp3) is 0.417. The lowest BCUT2D eigenvalue weighted by atomic mass is 9.98. The minimum atomic E-state index is -0.0367. The van der Waals surface area contributed by atoms with Crippen LogP contribution in [0.4, 0.5) is 0 Å². The molecule has 0 saturated heterocycles. The molecule has 3 aromatic rings. The predicted octanol–water partition coefficient (Wildman–Crippen LogP) is 4.40. The van der Waals surface area contributed by atoms with Crippen molar-refractivity contribution in [3.8, 4) is 0 Å². The van der Waals surface area contributed by atoms with Crippen LogP contribution in [0, 0.1) is 17.8 Å². The highest BCUT2D eigenvalue weighted by Gasteiger charge is 2.59. The van der Waals surface area contributed by atoms with Crippen LogP contribution in [-0.4, -0.2) is 21.1 Å². The van der Waals surface area contributed by atoms with Crippen LogP contribution < -0.4 is 11.0 Å².